The lowest BCUT2D eigenvalue weighted by molar-refractivity contribution is 1.28. The van der Waals surface area contributed by atoms with E-state index >= 15 is 0 Å². The molecule has 276 valence electrons. The average Bonchev–Trinajstić information content (AvgIpc) is 3.37. The number of hydrogen-bond donors (Lipinski definition) is 0. The fraction of sp³-hybridized carbons (Fsp3) is 0. The van der Waals surface area contributed by atoms with Crippen molar-refractivity contribution < 1.29 is 11.0 Å². The summed E-state index contributed by atoms with van der Waals surface area (Å²) in [6.45, 7) is 0. The van der Waals surface area contributed by atoms with Crippen molar-refractivity contribution in [1.29, 1.82) is 0 Å². The summed E-state index contributed by atoms with van der Waals surface area (Å²) in [5, 5.41) is 7.63. The predicted octanol–water partition coefficient (Wildman–Crippen LogP) is 16.4. The van der Waals surface area contributed by atoms with Gasteiger partial charge < -0.3 is 4.90 Å². The number of anilines is 3. The molecule has 0 heterocycles. The van der Waals surface area contributed by atoms with Crippen molar-refractivity contribution in [3.8, 4) is 44.5 Å². The molecule has 0 saturated carbocycles. The summed E-state index contributed by atoms with van der Waals surface area (Å²) in [6.07, 6.45) is 0. The van der Waals surface area contributed by atoms with Crippen molar-refractivity contribution in [2.75, 3.05) is 4.90 Å². The minimum absolute atomic E-state index is 0.102. The number of benzene rings is 11. The summed E-state index contributed by atoms with van der Waals surface area (Å²) in [5.74, 6) is 0. The van der Waals surface area contributed by atoms with Crippen molar-refractivity contribution >= 4 is 60.2 Å². The van der Waals surface area contributed by atoms with Crippen LogP contribution in [-0.4, -0.2) is 0 Å². The van der Waals surface area contributed by atoms with Crippen molar-refractivity contribution in [3.63, 3.8) is 0 Å². The van der Waals surface area contributed by atoms with E-state index in [4.69, 9.17) is 0 Å². The molecule has 1 heteroatoms. The highest BCUT2D eigenvalue weighted by Gasteiger charge is 2.21. The van der Waals surface area contributed by atoms with Gasteiger partial charge in [0.1, 0.15) is 0 Å². The van der Waals surface area contributed by atoms with E-state index in [2.05, 4.69) is 42.5 Å². The largest absolute Gasteiger partial charge is 0.310 e. The molecule has 0 fully saturated rings. The van der Waals surface area contributed by atoms with E-state index in [0.29, 0.717) is 16.8 Å². The molecule has 11 aromatic carbocycles. The maximum absolute atomic E-state index is 10.1. The van der Waals surface area contributed by atoms with Crippen LogP contribution in [0.4, 0.5) is 17.1 Å². The average molecular weight is 758 g/mol. The number of nitrogens with zero attached hydrogens (tertiary/aromatic N) is 1. The third kappa shape index (κ3) is 6.12. The standard InChI is InChI=1S/C58H39N/c1-3-16-40(17-4-1)42-30-34-46(35-31-42)59(48-22-15-21-44(38-48)41-18-5-2-6-19-41)47-36-32-43(33-37-47)57-54-28-13-11-25-51(54)52-26-12-14-29-55(52)58(57)56-39-45-20-7-8-23-49(45)50-24-9-10-27-53(50)56/h1-39H/i30D,31D,32D,33D,34D,35D,36D,37D. The molecule has 0 N–H and O–H groups in total. The quantitative estimate of drug-likeness (QED) is 0.146. The maximum atomic E-state index is 10.1. The highest BCUT2D eigenvalue weighted by Crippen LogP contribution is 2.48. The predicted molar refractivity (Wildman–Crippen MR) is 253 cm³/mol. The molecule has 0 saturated heterocycles. The van der Waals surface area contributed by atoms with Gasteiger partial charge in [-0.15, -0.1) is 0 Å². The Kier molecular flexibility index (Phi) is 6.70. The van der Waals surface area contributed by atoms with Gasteiger partial charge in [-0.2, -0.15) is 0 Å². The van der Waals surface area contributed by atoms with E-state index in [9.17, 15) is 11.0 Å². The Morgan fingerprint density at radius 3 is 1.32 bits per heavy atom. The van der Waals surface area contributed by atoms with Crippen LogP contribution in [0.2, 0.25) is 0 Å². The first-order valence-corrected chi connectivity index (χ1v) is 19.7. The fourth-order valence-electron chi connectivity index (χ4n) is 8.48. The van der Waals surface area contributed by atoms with Gasteiger partial charge in [0.2, 0.25) is 0 Å². The summed E-state index contributed by atoms with van der Waals surface area (Å²) >= 11 is 0. The fourth-order valence-corrected chi connectivity index (χ4v) is 8.48. The van der Waals surface area contributed by atoms with E-state index in [1.807, 2.05) is 109 Å². The van der Waals surface area contributed by atoms with E-state index in [1.165, 1.54) is 4.90 Å². The summed E-state index contributed by atoms with van der Waals surface area (Å²) in [7, 11) is 0. The molecule has 59 heavy (non-hydrogen) atoms. The molecule has 0 bridgehead atoms. The van der Waals surface area contributed by atoms with Crippen LogP contribution in [0.1, 0.15) is 11.0 Å². The highest BCUT2D eigenvalue weighted by atomic mass is 15.1. The lowest BCUT2D eigenvalue weighted by Gasteiger charge is -2.27. The minimum Gasteiger partial charge on any atom is -0.310 e. The normalized spacial score (nSPS) is 13.3. The molecule has 1 nitrogen and oxygen atoms in total. The number of rotatable bonds is 7. The van der Waals surface area contributed by atoms with E-state index in [0.717, 1.165) is 65.3 Å². The molecule has 0 spiro atoms. The summed E-state index contributed by atoms with van der Waals surface area (Å²) in [6, 6.07) is 57.5. The van der Waals surface area contributed by atoms with Crippen LogP contribution in [0.15, 0.2) is 236 Å². The van der Waals surface area contributed by atoms with Crippen molar-refractivity contribution in [2.45, 2.75) is 0 Å². The van der Waals surface area contributed by atoms with Gasteiger partial charge in [0.25, 0.3) is 0 Å². The molecule has 0 amide bonds. The Morgan fingerprint density at radius 1 is 0.271 bits per heavy atom. The Bertz CT molecular complexity index is 3740. The monoisotopic (exact) mass is 757 g/mol. The van der Waals surface area contributed by atoms with Gasteiger partial charge in [-0.1, -0.05) is 194 Å². The van der Waals surface area contributed by atoms with Gasteiger partial charge in [0.15, 0.2) is 0 Å². The van der Waals surface area contributed by atoms with Gasteiger partial charge in [-0.05, 0) is 130 Å². The van der Waals surface area contributed by atoms with Gasteiger partial charge >= 0.3 is 0 Å². The molecule has 0 atom stereocenters. The Balaban J connectivity index is 1.25. The second-order valence-corrected chi connectivity index (χ2v) is 14.6. The minimum atomic E-state index is -0.406. The third-order valence-corrected chi connectivity index (χ3v) is 11.2. The Hall–Kier alpha value is -7.74. The van der Waals surface area contributed by atoms with Crippen LogP contribution >= 0.6 is 0 Å². The van der Waals surface area contributed by atoms with Crippen molar-refractivity contribution in [2.24, 2.45) is 0 Å². The molecule has 11 rings (SSSR count). The first-order chi connectivity index (χ1) is 32.6. The van der Waals surface area contributed by atoms with Crippen LogP contribution in [-0.2, 0) is 0 Å². The Morgan fingerprint density at radius 2 is 0.712 bits per heavy atom. The molecule has 0 unspecified atom stereocenters. The molecule has 0 aliphatic heterocycles. The molecule has 0 aromatic heterocycles. The maximum Gasteiger partial charge on any atom is 0.0645 e. The molecular weight excluding hydrogens is 711 g/mol. The second kappa shape index (κ2) is 14.6. The molecular formula is C58H39N. The van der Waals surface area contributed by atoms with Crippen molar-refractivity contribution in [3.05, 3.63) is 236 Å². The summed E-state index contributed by atoms with van der Waals surface area (Å²) in [5.41, 5.74) is 4.49. The van der Waals surface area contributed by atoms with Crippen LogP contribution in [0.5, 0.6) is 0 Å². The van der Waals surface area contributed by atoms with E-state index in [-0.39, 0.29) is 46.7 Å². The first-order valence-electron chi connectivity index (χ1n) is 23.7. The van der Waals surface area contributed by atoms with Gasteiger partial charge in [0.05, 0.1) is 11.0 Å². The van der Waals surface area contributed by atoms with E-state index < -0.39 is 24.2 Å². The zero-order valence-corrected chi connectivity index (χ0v) is 31.8. The van der Waals surface area contributed by atoms with Gasteiger partial charge in [-0.3, -0.25) is 0 Å². The van der Waals surface area contributed by atoms with Crippen molar-refractivity contribution in [1.82, 2.24) is 0 Å². The zero-order chi connectivity index (χ0) is 46.1. The lowest BCUT2D eigenvalue weighted by atomic mass is 9.82. The smallest absolute Gasteiger partial charge is 0.0645 e. The third-order valence-electron chi connectivity index (χ3n) is 11.2. The highest BCUT2D eigenvalue weighted by molar-refractivity contribution is 6.25. The van der Waals surface area contributed by atoms with Crippen LogP contribution < -0.4 is 4.90 Å². The second-order valence-electron chi connectivity index (χ2n) is 14.6. The summed E-state index contributed by atoms with van der Waals surface area (Å²) < 4.78 is 78.0. The molecule has 0 aliphatic rings. The first kappa shape index (κ1) is 27.0. The number of fused-ring (bicyclic) bond motifs is 6. The zero-order valence-electron chi connectivity index (χ0n) is 39.8. The topological polar surface area (TPSA) is 3.24 Å². The van der Waals surface area contributed by atoms with Crippen LogP contribution in [0.25, 0.3) is 87.6 Å². The Labute approximate surface area is 356 Å². The SMILES string of the molecule is [2H]c1c([2H])c(N(c2cccc(-c3ccccc3)c2)c2c([2H])c([2H])c(-c3c(-c4cc5ccccc5c5ccccc45)c4ccccc4c4ccccc34)c([2H])c2[2H])c([2H])c([2H])c1-c1ccccc1. The van der Waals surface area contributed by atoms with Crippen LogP contribution in [0, 0.1) is 0 Å². The van der Waals surface area contributed by atoms with E-state index in [1.54, 1.807) is 36.4 Å². The number of hydrogen-bond acceptors (Lipinski definition) is 1. The van der Waals surface area contributed by atoms with Gasteiger partial charge in [0, 0.05) is 17.1 Å². The van der Waals surface area contributed by atoms with Gasteiger partial charge in [-0.25, -0.2) is 0 Å². The summed E-state index contributed by atoms with van der Waals surface area (Å²) in [4.78, 5) is 1.38. The lowest BCUT2D eigenvalue weighted by Crippen LogP contribution is -2.10. The molecule has 11 aromatic rings. The van der Waals surface area contributed by atoms with Crippen LogP contribution in [0.3, 0.4) is 0 Å². The molecule has 0 aliphatic carbocycles. The molecule has 0 radical (unpaired) electrons.